The van der Waals surface area contributed by atoms with E-state index in [4.69, 9.17) is 27.9 Å². The second kappa shape index (κ2) is 6.88. The number of methoxy groups -OCH3 is 1. The normalized spacial score (nSPS) is 18.7. The molecule has 1 saturated heterocycles. The molecule has 0 N–H and O–H groups in total. The maximum Gasteiger partial charge on any atom is 0.246 e. The lowest BCUT2D eigenvalue weighted by Gasteiger charge is -2.18. The Kier molecular flexibility index (Phi) is 5.01. The van der Waals surface area contributed by atoms with Crippen LogP contribution in [0.15, 0.2) is 41.3 Å². The molecule has 128 valence electrons. The summed E-state index contributed by atoms with van der Waals surface area (Å²) in [6.07, 6.45) is 0.720. The van der Waals surface area contributed by atoms with E-state index in [-0.39, 0.29) is 21.1 Å². The Hall–Kier alpha value is -1.34. The van der Waals surface area contributed by atoms with Gasteiger partial charge in [0.25, 0.3) is 0 Å². The molecule has 1 aromatic carbocycles. The lowest BCUT2D eigenvalue weighted by atomic mass is 9.97. The van der Waals surface area contributed by atoms with Gasteiger partial charge in [-0.25, -0.2) is 13.4 Å². The first-order valence-electron chi connectivity index (χ1n) is 7.38. The van der Waals surface area contributed by atoms with E-state index < -0.39 is 10.0 Å². The highest BCUT2D eigenvalue weighted by Crippen LogP contribution is 2.36. The molecular weight excluding hydrogens is 371 g/mol. The average molecular weight is 387 g/mol. The molecule has 0 bridgehead atoms. The Balaban J connectivity index is 1.87. The maximum absolute atomic E-state index is 12.8. The molecular formula is C16H16Cl2N2O3S. The first-order valence-corrected chi connectivity index (χ1v) is 9.58. The summed E-state index contributed by atoms with van der Waals surface area (Å²) in [6.45, 7) is 0.797. The van der Waals surface area contributed by atoms with Gasteiger partial charge in [-0.1, -0.05) is 41.4 Å². The van der Waals surface area contributed by atoms with Gasteiger partial charge in [0.2, 0.25) is 10.0 Å². The molecule has 2 heterocycles. The van der Waals surface area contributed by atoms with Crippen LogP contribution in [0.25, 0.3) is 0 Å². The molecule has 8 heteroatoms. The molecule has 3 rings (SSSR count). The number of pyridine rings is 1. The van der Waals surface area contributed by atoms with E-state index in [1.807, 2.05) is 24.3 Å². The second-order valence-electron chi connectivity index (χ2n) is 5.51. The molecule has 5 nitrogen and oxygen atoms in total. The number of hydrogen-bond acceptors (Lipinski definition) is 4. The number of halogens is 2. The summed E-state index contributed by atoms with van der Waals surface area (Å²) < 4.78 is 32.5. The highest BCUT2D eigenvalue weighted by molar-refractivity contribution is 7.89. The van der Waals surface area contributed by atoms with Crippen molar-refractivity contribution in [1.29, 1.82) is 0 Å². The summed E-state index contributed by atoms with van der Waals surface area (Å²) in [7, 11) is -2.09. The number of ether oxygens (including phenoxy) is 1. The van der Waals surface area contributed by atoms with Crippen LogP contribution in [0.1, 0.15) is 17.9 Å². The summed E-state index contributed by atoms with van der Waals surface area (Å²) in [5.74, 6) is 0.850. The third kappa shape index (κ3) is 3.24. The summed E-state index contributed by atoms with van der Waals surface area (Å²) in [5.41, 5.74) is 1.01. The van der Waals surface area contributed by atoms with E-state index in [0.717, 1.165) is 17.7 Å². The van der Waals surface area contributed by atoms with Crippen LogP contribution in [0.3, 0.4) is 0 Å². The van der Waals surface area contributed by atoms with Crippen molar-refractivity contribution in [1.82, 2.24) is 9.29 Å². The number of benzene rings is 1. The number of aromatic nitrogens is 1. The molecule has 2 aromatic rings. The quantitative estimate of drug-likeness (QED) is 0.753. The topological polar surface area (TPSA) is 59.5 Å². The zero-order valence-electron chi connectivity index (χ0n) is 12.9. The smallest absolute Gasteiger partial charge is 0.246 e. The zero-order chi connectivity index (χ0) is 17.3. The fraction of sp³-hybridized carbons (Fsp3) is 0.312. The number of rotatable bonds is 4. The van der Waals surface area contributed by atoms with Crippen LogP contribution in [-0.2, 0) is 10.0 Å². The number of para-hydroxylation sites is 1. The Labute approximate surface area is 151 Å². The van der Waals surface area contributed by atoms with Crippen LogP contribution in [-0.4, -0.2) is 37.9 Å². The highest BCUT2D eigenvalue weighted by Gasteiger charge is 2.35. The predicted octanol–water partition coefficient (Wildman–Crippen LogP) is 3.58. The first-order chi connectivity index (χ1) is 11.4. The van der Waals surface area contributed by atoms with E-state index in [2.05, 4.69) is 4.98 Å². The fourth-order valence-electron chi connectivity index (χ4n) is 2.93. The number of hydrogen-bond donors (Lipinski definition) is 0. The molecule has 0 radical (unpaired) electrons. The predicted molar refractivity (Wildman–Crippen MR) is 93.4 cm³/mol. The van der Waals surface area contributed by atoms with Gasteiger partial charge in [0.05, 0.1) is 7.11 Å². The Morgan fingerprint density at radius 2 is 1.96 bits per heavy atom. The number of nitrogens with zero attached hydrogens (tertiary/aromatic N) is 2. The van der Waals surface area contributed by atoms with Gasteiger partial charge in [0.1, 0.15) is 15.8 Å². The summed E-state index contributed by atoms with van der Waals surface area (Å²) in [4.78, 5) is 3.80. The number of sulfonamides is 1. The van der Waals surface area contributed by atoms with Gasteiger partial charge in [-0.15, -0.1) is 0 Å². The van der Waals surface area contributed by atoms with Crippen LogP contribution in [0.2, 0.25) is 10.3 Å². The van der Waals surface area contributed by atoms with Crippen molar-refractivity contribution in [2.75, 3.05) is 20.2 Å². The van der Waals surface area contributed by atoms with E-state index in [0.29, 0.717) is 13.1 Å². The van der Waals surface area contributed by atoms with Crippen LogP contribution in [0.4, 0.5) is 0 Å². The van der Waals surface area contributed by atoms with E-state index >= 15 is 0 Å². The largest absolute Gasteiger partial charge is 0.496 e. The highest BCUT2D eigenvalue weighted by atomic mass is 35.5. The van der Waals surface area contributed by atoms with Crippen molar-refractivity contribution in [3.05, 3.63) is 52.3 Å². The van der Waals surface area contributed by atoms with E-state index in [1.165, 1.54) is 16.4 Å². The minimum Gasteiger partial charge on any atom is -0.496 e. The molecule has 24 heavy (non-hydrogen) atoms. The van der Waals surface area contributed by atoms with Crippen LogP contribution in [0.5, 0.6) is 5.75 Å². The average Bonchev–Trinajstić information content (AvgIpc) is 3.05. The maximum atomic E-state index is 12.8. The van der Waals surface area contributed by atoms with Crippen molar-refractivity contribution in [3.8, 4) is 5.75 Å². The SMILES string of the molecule is COc1ccccc1C1CCN(S(=O)(=O)c2ccc(Cl)nc2Cl)C1. The molecule has 1 aliphatic heterocycles. The Morgan fingerprint density at radius 1 is 1.21 bits per heavy atom. The van der Waals surface area contributed by atoms with Gasteiger partial charge in [-0.2, -0.15) is 4.31 Å². The van der Waals surface area contributed by atoms with Crippen molar-refractivity contribution in [2.45, 2.75) is 17.2 Å². The van der Waals surface area contributed by atoms with Crippen LogP contribution >= 0.6 is 23.2 Å². The molecule has 1 atom stereocenters. The standard InChI is InChI=1S/C16H16Cl2N2O3S/c1-23-13-5-3-2-4-12(13)11-8-9-20(10-11)24(21,22)14-6-7-15(17)19-16(14)18/h2-7,11H,8-10H2,1H3. The van der Waals surface area contributed by atoms with E-state index in [1.54, 1.807) is 7.11 Å². The van der Waals surface area contributed by atoms with Crippen molar-refractivity contribution >= 4 is 33.2 Å². The zero-order valence-corrected chi connectivity index (χ0v) is 15.3. The Bertz CT molecular complexity index is 858. The van der Waals surface area contributed by atoms with E-state index in [9.17, 15) is 8.42 Å². The minimum atomic E-state index is -3.71. The summed E-state index contributed by atoms with van der Waals surface area (Å²) in [5, 5.41) is 0.0514. The lowest BCUT2D eigenvalue weighted by molar-refractivity contribution is 0.405. The monoisotopic (exact) mass is 386 g/mol. The van der Waals surface area contributed by atoms with Crippen LogP contribution < -0.4 is 4.74 Å². The lowest BCUT2D eigenvalue weighted by Crippen LogP contribution is -2.29. The van der Waals surface area contributed by atoms with Crippen molar-refractivity contribution < 1.29 is 13.2 Å². The van der Waals surface area contributed by atoms with Crippen molar-refractivity contribution in [3.63, 3.8) is 0 Å². The molecule has 1 fully saturated rings. The minimum absolute atomic E-state index is 0.0192. The molecule has 0 amide bonds. The fourth-order valence-corrected chi connectivity index (χ4v) is 5.07. The summed E-state index contributed by atoms with van der Waals surface area (Å²) >= 11 is 11.7. The van der Waals surface area contributed by atoms with Crippen LogP contribution in [0, 0.1) is 0 Å². The van der Waals surface area contributed by atoms with Gasteiger partial charge in [0.15, 0.2) is 5.15 Å². The van der Waals surface area contributed by atoms with Gasteiger partial charge in [-0.05, 0) is 30.2 Å². The molecule has 1 aromatic heterocycles. The molecule has 0 spiro atoms. The van der Waals surface area contributed by atoms with Gasteiger partial charge in [0, 0.05) is 19.0 Å². The first kappa shape index (κ1) is 17.5. The molecule has 1 unspecified atom stereocenters. The molecule has 0 saturated carbocycles. The second-order valence-corrected chi connectivity index (χ2v) is 8.17. The third-order valence-corrected chi connectivity index (χ3v) is 6.64. The van der Waals surface area contributed by atoms with Crippen molar-refractivity contribution in [2.24, 2.45) is 0 Å². The van der Waals surface area contributed by atoms with Gasteiger partial charge >= 0.3 is 0 Å². The van der Waals surface area contributed by atoms with Gasteiger partial charge in [-0.3, -0.25) is 0 Å². The molecule has 0 aliphatic carbocycles. The summed E-state index contributed by atoms with van der Waals surface area (Å²) in [6, 6.07) is 10.5. The Morgan fingerprint density at radius 3 is 2.67 bits per heavy atom. The van der Waals surface area contributed by atoms with Gasteiger partial charge < -0.3 is 4.74 Å². The third-order valence-electron chi connectivity index (χ3n) is 4.13. The molecule has 1 aliphatic rings.